The van der Waals surface area contributed by atoms with Crippen LogP contribution in [-0.2, 0) is 14.8 Å². The first kappa shape index (κ1) is 20.1. The normalized spacial score (nSPS) is 17.1. The lowest BCUT2D eigenvalue weighted by Crippen LogP contribution is -2.30. The van der Waals surface area contributed by atoms with Gasteiger partial charge in [-0.2, -0.15) is 0 Å². The maximum Gasteiger partial charge on any atom is 0.294 e. The molecule has 0 saturated heterocycles. The summed E-state index contributed by atoms with van der Waals surface area (Å²) in [5.74, 6) is -1.10. The molecule has 1 aromatic carbocycles. The molecular formula is C20H16N2O6S2. The van der Waals surface area contributed by atoms with Crippen molar-refractivity contribution in [2.45, 2.75) is 17.9 Å². The van der Waals surface area contributed by atoms with Crippen molar-refractivity contribution in [3.63, 3.8) is 0 Å². The third kappa shape index (κ3) is 3.34. The Morgan fingerprint density at radius 3 is 2.40 bits per heavy atom. The van der Waals surface area contributed by atoms with Crippen LogP contribution in [0.3, 0.4) is 0 Å². The van der Waals surface area contributed by atoms with Gasteiger partial charge in [0.1, 0.15) is 17.6 Å². The molecule has 2 aromatic heterocycles. The summed E-state index contributed by atoms with van der Waals surface area (Å²) in [5, 5.41) is 17.4. The Bertz CT molecular complexity index is 1270. The van der Waals surface area contributed by atoms with Crippen LogP contribution in [0.4, 0.5) is 5.69 Å². The molecule has 0 radical (unpaired) electrons. The highest BCUT2D eigenvalue weighted by atomic mass is 32.2. The third-order valence-electron chi connectivity index (χ3n) is 4.67. The van der Waals surface area contributed by atoms with Gasteiger partial charge in [-0.05, 0) is 54.8 Å². The maximum absolute atomic E-state index is 13.1. The second-order valence-electron chi connectivity index (χ2n) is 6.63. The smallest absolute Gasteiger partial charge is 0.294 e. The zero-order valence-electron chi connectivity index (χ0n) is 15.6. The number of hydrogen-bond acceptors (Lipinski definition) is 7. The molecule has 1 atom stereocenters. The van der Waals surface area contributed by atoms with Gasteiger partial charge >= 0.3 is 0 Å². The molecule has 0 fully saturated rings. The number of thiophene rings is 1. The number of sulfonamides is 1. The minimum Gasteiger partial charge on any atom is -0.503 e. The highest BCUT2D eigenvalue weighted by molar-refractivity contribution is 7.89. The number of anilines is 1. The molecule has 4 rings (SSSR count). The Labute approximate surface area is 175 Å². The number of nitrogens with two attached hydrogens (primary N) is 1. The number of furan rings is 1. The molecular weight excluding hydrogens is 428 g/mol. The largest absolute Gasteiger partial charge is 0.503 e. The number of benzene rings is 1. The van der Waals surface area contributed by atoms with Gasteiger partial charge in [0.25, 0.3) is 5.91 Å². The van der Waals surface area contributed by atoms with E-state index in [1.54, 1.807) is 36.6 Å². The Morgan fingerprint density at radius 1 is 1.17 bits per heavy atom. The van der Waals surface area contributed by atoms with Gasteiger partial charge in [0.2, 0.25) is 15.8 Å². The number of Topliss-reactive ketones (excluding diaryl/α,β-unsaturated/α-hetero) is 1. The van der Waals surface area contributed by atoms with Crippen LogP contribution >= 0.6 is 11.3 Å². The maximum atomic E-state index is 13.1. The van der Waals surface area contributed by atoms with Crippen LogP contribution in [0.25, 0.3) is 0 Å². The summed E-state index contributed by atoms with van der Waals surface area (Å²) >= 11 is 1.19. The molecule has 154 valence electrons. The number of carbonyl (C=O) groups excluding carboxylic acids is 2. The fourth-order valence-corrected chi connectivity index (χ4v) is 4.50. The number of amides is 1. The van der Waals surface area contributed by atoms with Crippen molar-refractivity contribution in [1.29, 1.82) is 0 Å². The first-order valence-electron chi connectivity index (χ1n) is 8.72. The second-order valence-corrected chi connectivity index (χ2v) is 9.14. The zero-order chi connectivity index (χ0) is 21.6. The molecule has 30 heavy (non-hydrogen) atoms. The molecule has 8 nitrogen and oxygen atoms in total. The molecule has 10 heteroatoms. The van der Waals surface area contributed by atoms with Crippen LogP contribution in [0.1, 0.15) is 27.2 Å². The van der Waals surface area contributed by atoms with Crippen LogP contribution in [0.5, 0.6) is 0 Å². The first-order chi connectivity index (χ1) is 14.2. The lowest BCUT2D eigenvalue weighted by molar-refractivity contribution is -0.117. The van der Waals surface area contributed by atoms with E-state index in [0.717, 1.165) is 0 Å². The lowest BCUT2D eigenvalue weighted by atomic mass is 10.00. The molecule has 1 unspecified atom stereocenters. The third-order valence-corrected chi connectivity index (χ3v) is 6.47. The van der Waals surface area contributed by atoms with E-state index in [-0.39, 0.29) is 16.2 Å². The molecule has 1 amide bonds. The van der Waals surface area contributed by atoms with Crippen LogP contribution in [0.2, 0.25) is 0 Å². The van der Waals surface area contributed by atoms with Crippen LogP contribution in [0.15, 0.2) is 74.6 Å². The molecule has 3 aromatic rings. The number of aliphatic hydroxyl groups excluding tert-OH is 1. The van der Waals surface area contributed by atoms with Crippen molar-refractivity contribution in [1.82, 2.24) is 0 Å². The SMILES string of the molecule is Cc1ccc(C2C(C(=O)c3cccs3)=C(O)C(=O)N2c2ccc(S(N)(=O)=O)cc2)o1. The van der Waals surface area contributed by atoms with E-state index in [9.17, 15) is 23.1 Å². The van der Waals surface area contributed by atoms with Gasteiger partial charge in [0, 0.05) is 5.69 Å². The summed E-state index contributed by atoms with van der Waals surface area (Å²) in [6, 6.07) is 10.9. The summed E-state index contributed by atoms with van der Waals surface area (Å²) in [7, 11) is -3.92. The van der Waals surface area contributed by atoms with Gasteiger partial charge in [0.15, 0.2) is 5.76 Å². The number of carbonyl (C=O) groups is 2. The van der Waals surface area contributed by atoms with Gasteiger partial charge in [-0.3, -0.25) is 14.5 Å². The number of aryl methyl sites for hydroxylation is 1. The van der Waals surface area contributed by atoms with E-state index in [4.69, 9.17) is 9.56 Å². The fourth-order valence-electron chi connectivity index (χ4n) is 3.31. The van der Waals surface area contributed by atoms with Gasteiger partial charge in [-0.15, -0.1) is 11.3 Å². The number of hydrogen-bond donors (Lipinski definition) is 2. The Balaban J connectivity index is 1.84. The second kappa shape index (κ2) is 7.24. The molecule has 0 spiro atoms. The minimum absolute atomic E-state index is 0.104. The van der Waals surface area contributed by atoms with E-state index in [2.05, 4.69) is 0 Å². The predicted molar refractivity (Wildman–Crippen MR) is 110 cm³/mol. The Hall–Kier alpha value is -3.21. The Morgan fingerprint density at radius 2 is 1.87 bits per heavy atom. The number of ketones is 1. The van der Waals surface area contributed by atoms with Gasteiger partial charge in [-0.25, -0.2) is 13.6 Å². The van der Waals surface area contributed by atoms with Crippen molar-refractivity contribution in [2.75, 3.05) is 4.90 Å². The quantitative estimate of drug-likeness (QED) is 0.582. The highest BCUT2D eigenvalue weighted by Crippen LogP contribution is 2.42. The van der Waals surface area contributed by atoms with E-state index < -0.39 is 33.5 Å². The van der Waals surface area contributed by atoms with Crippen molar-refractivity contribution < 1.29 is 27.5 Å². The number of aliphatic hydroxyl groups is 1. The van der Waals surface area contributed by atoms with E-state index >= 15 is 0 Å². The van der Waals surface area contributed by atoms with Crippen LogP contribution < -0.4 is 10.0 Å². The average Bonchev–Trinajstić information content (AvgIpc) is 3.42. The van der Waals surface area contributed by atoms with Gasteiger partial charge < -0.3 is 9.52 Å². The summed E-state index contributed by atoms with van der Waals surface area (Å²) in [6.45, 7) is 1.72. The molecule has 3 N–H and O–H groups in total. The van der Waals surface area contributed by atoms with Gasteiger partial charge in [-0.1, -0.05) is 6.07 Å². The average molecular weight is 444 g/mol. The van der Waals surface area contributed by atoms with Crippen molar-refractivity contribution in [2.24, 2.45) is 5.14 Å². The predicted octanol–water partition coefficient (Wildman–Crippen LogP) is 3.08. The van der Waals surface area contributed by atoms with Gasteiger partial charge in [0.05, 0.1) is 15.3 Å². The molecule has 1 aliphatic rings. The molecule has 1 aliphatic heterocycles. The molecule has 0 bridgehead atoms. The highest BCUT2D eigenvalue weighted by Gasteiger charge is 2.46. The fraction of sp³-hybridized carbons (Fsp3) is 0.100. The molecule has 0 aliphatic carbocycles. The molecule has 3 heterocycles. The summed E-state index contributed by atoms with van der Waals surface area (Å²) in [6.07, 6.45) is 0. The topological polar surface area (TPSA) is 131 Å². The number of rotatable bonds is 5. The van der Waals surface area contributed by atoms with Crippen LogP contribution in [0, 0.1) is 6.92 Å². The lowest BCUT2D eigenvalue weighted by Gasteiger charge is -2.25. The van der Waals surface area contributed by atoms with E-state index in [1.165, 1.54) is 40.5 Å². The first-order valence-corrected chi connectivity index (χ1v) is 11.1. The summed E-state index contributed by atoms with van der Waals surface area (Å²) in [4.78, 5) is 27.5. The standard InChI is InChI=1S/C20H16N2O6S2/c1-11-4-9-14(28-11)17-16(18(23)15-3-2-10-29-15)19(24)20(25)22(17)12-5-7-13(8-6-12)30(21,26)27/h2-10,17,24H,1H3,(H2,21,26,27). The zero-order valence-corrected chi connectivity index (χ0v) is 17.2. The van der Waals surface area contributed by atoms with E-state index in [0.29, 0.717) is 16.4 Å². The summed E-state index contributed by atoms with van der Waals surface area (Å²) < 4.78 is 28.8. The van der Waals surface area contributed by atoms with E-state index in [1.807, 2.05) is 0 Å². The Kier molecular flexibility index (Phi) is 4.85. The summed E-state index contributed by atoms with van der Waals surface area (Å²) in [5.41, 5.74) is 0.166. The van der Waals surface area contributed by atoms with Crippen molar-refractivity contribution in [3.05, 3.63) is 81.6 Å². The van der Waals surface area contributed by atoms with Crippen LogP contribution in [-0.4, -0.2) is 25.2 Å². The van der Waals surface area contributed by atoms with Crippen molar-refractivity contribution >= 4 is 38.7 Å². The monoisotopic (exact) mass is 444 g/mol. The van der Waals surface area contributed by atoms with Crippen molar-refractivity contribution in [3.8, 4) is 0 Å². The number of primary sulfonamides is 1. The minimum atomic E-state index is -3.92. The number of nitrogens with zero attached hydrogens (tertiary/aromatic N) is 1. The molecule has 0 saturated carbocycles.